The molecule has 0 aliphatic heterocycles. The molecular weight excluding hydrogens is 127 g/mol. The molecule has 0 aromatic rings. The smallest absolute Gasteiger partial charge is 0.0237 e. The number of hydrogen-bond donors (Lipinski definition) is 0. The van der Waals surface area contributed by atoms with E-state index in [0.29, 0.717) is 0 Å². The van der Waals surface area contributed by atoms with Crippen molar-refractivity contribution < 1.29 is 0 Å². The van der Waals surface area contributed by atoms with E-state index in [1.165, 1.54) is 34.0 Å². The quantitative estimate of drug-likeness (QED) is 0.534. The summed E-state index contributed by atoms with van der Waals surface area (Å²) in [4.78, 5) is 0. The monoisotopic (exact) mass is 144 g/mol. The molecule has 0 saturated heterocycles. The van der Waals surface area contributed by atoms with Gasteiger partial charge in [-0.3, -0.25) is 0 Å². The van der Waals surface area contributed by atoms with Crippen LogP contribution in [0.3, 0.4) is 0 Å². The Bertz CT molecular complexity index is 65.0. The fourth-order valence-corrected chi connectivity index (χ4v) is 2.99. The minimum Gasteiger partial charge on any atom is -0.119 e. The highest BCUT2D eigenvalue weighted by atomic mass is 31.1. The molecule has 1 atom stereocenters. The van der Waals surface area contributed by atoms with Gasteiger partial charge in [0.15, 0.2) is 0 Å². The summed E-state index contributed by atoms with van der Waals surface area (Å²) in [5.41, 5.74) is 1.14. The van der Waals surface area contributed by atoms with Crippen LogP contribution >= 0.6 is 8.58 Å². The van der Waals surface area contributed by atoms with Gasteiger partial charge in [0.25, 0.3) is 0 Å². The van der Waals surface area contributed by atoms with Crippen LogP contribution in [0.2, 0.25) is 0 Å². The average Bonchev–Trinajstić information content (AvgIpc) is 2.34. The molecule has 9 heavy (non-hydrogen) atoms. The summed E-state index contributed by atoms with van der Waals surface area (Å²) in [6.07, 6.45) is 9.00. The highest BCUT2D eigenvalue weighted by molar-refractivity contribution is 7.38. The van der Waals surface area contributed by atoms with Gasteiger partial charge in [-0.15, -0.1) is 8.58 Å². The third kappa shape index (κ3) is 2.67. The molecule has 54 valence electrons. The van der Waals surface area contributed by atoms with Crippen LogP contribution in [0.1, 0.15) is 39.0 Å². The number of rotatable bonds is 3. The molecule has 1 rings (SSSR count). The van der Waals surface area contributed by atoms with Crippen molar-refractivity contribution in [1.82, 2.24) is 0 Å². The van der Waals surface area contributed by atoms with E-state index in [0.717, 1.165) is 5.66 Å². The van der Waals surface area contributed by atoms with Gasteiger partial charge in [0.1, 0.15) is 0 Å². The highest BCUT2D eigenvalue weighted by Gasteiger charge is 2.12. The van der Waals surface area contributed by atoms with Gasteiger partial charge in [0.05, 0.1) is 0 Å². The molecule has 1 aliphatic rings. The van der Waals surface area contributed by atoms with Crippen molar-refractivity contribution in [3.8, 4) is 0 Å². The molecule has 0 nitrogen and oxygen atoms in total. The second-order valence-electron chi connectivity index (χ2n) is 2.94. The van der Waals surface area contributed by atoms with Gasteiger partial charge in [-0.1, -0.05) is 26.2 Å². The van der Waals surface area contributed by atoms with Crippen LogP contribution in [0.15, 0.2) is 0 Å². The topological polar surface area (TPSA) is 0 Å². The summed E-state index contributed by atoms with van der Waals surface area (Å²) >= 11 is 0. The van der Waals surface area contributed by atoms with Crippen molar-refractivity contribution >= 4 is 8.58 Å². The maximum atomic E-state index is 2.29. The molecule has 1 heteroatoms. The first kappa shape index (κ1) is 7.54. The molecule has 0 heterocycles. The Morgan fingerprint density at radius 2 is 2.00 bits per heavy atom. The van der Waals surface area contributed by atoms with E-state index in [1.54, 1.807) is 12.8 Å². The van der Waals surface area contributed by atoms with Gasteiger partial charge in [-0.25, -0.2) is 0 Å². The lowest BCUT2D eigenvalue weighted by Gasteiger charge is -2.05. The van der Waals surface area contributed by atoms with E-state index < -0.39 is 0 Å². The Labute approximate surface area is 60.2 Å². The second-order valence-corrected chi connectivity index (χ2v) is 4.66. The van der Waals surface area contributed by atoms with Crippen molar-refractivity contribution in [2.75, 3.05) is 6.16 Å². The second kappa shape index (κ2) is 4.28. The summed E-state index contributed by atoms with van der Waals surface area (Å²) in [5, 5.41) is 0. The zero-order valence-corrected chi connectivity index (χ0v) is 7.32. The van der Waals surface area contributed by atoms with Crippen LogP contribution in [0.5, 0.6) is 0 Å². The van der Waals surface area contributed by atoms with Crippen LogP contribution < -0.4 is 0 Å². The van der Waals surface area contributed by atoms with E-state index in [9.17, 15) is 0 Å². The molecule has 0 radical (unpaired) electrons. The molecule has 0 aromatic heterocycles. The highest BCUT2D eigenvalue weighted by Crippen LogP contribution is 2.33. The maximum absolute atomic E-state index is 2.29. The molecule has 1 aliphatic carbocycles. The molecule has 0 amide bonds. The Balaban J connectivity index is 1.98. The Morgan fingerprint density at radius 1 is 1.33 bits per heavy atom. The van der Waals surface area contributed by atoms with Gasteiger partial charge in [-0.05, 0) is 24.7 Å². The molecule has 0 aromatic carbocycles. The molecule has 1 unspecified atom stereocenters. The fraction of sp³-hybridized carbons (Fsp3) is 1.00. The molecular formula is C8H17P. The van der Waals surface area contributed by atoms with Crippen molar-refractivity contribution in [2.24, 2.45) is 0 Å². The first-order chi connectivity index (χ1) is 4.43. The summed E-state index contributed by atoms with van der Waals surface area (Å²) < 4.78 is 0. The molecule has 0 bridgehead atoms. The van der Waals surface area contributed by atoms with Crippen LogP contribution in [-0.4, -0.2) is 11.8 Å². The third-order valence-corrected chi connectivity index (χ3v) is 3.98. The van der Waals surface area contributed by atoms with Crippen LogP contribution in [0, 0.1) is 0 Å². The normalized spacial score (nSPS) is 22.3. The summed E-state index contributed by atoms with van der Waals surface area (Å²) in [6.45, 7) is 2.29. The van der Waals surface area contributed by atoms with E-state index in [4.69, 9.17) is 0 Å². The van der Waals surface area contributed by atoms with E-state index in [2.05, 4.69) is 6.92 Å². The zero-order valence-electron chi connectivity index (χ0n) is 6.32. The summed E-state index contributed by atoms with van der Waals surface area (Å²) in [6, 6.07) is 0. The largest absolute Gasteiger partial charge is 0.119 e. The minimum atomic E-state index is 1.14. The zero-order chi connectivity index (χ0) is 6.53. The fourth-order valence-electron chi connectivity index (χ4n) is 1.48. The summed E-state index contributed by atoms with van der Waals surface area (Å²) in [7, 11) is 1.29. The molecule has 1 saturated carbocycles. The van der Waals surface area contributed by atoms with Gasteiger partial charge in [-0.2, -0.15) is 0 Å². The molecule has 1 fully saturated rings. The predicted molar refractivity (Wildman–Crippen MR) is 45.7 cm³/mol. The van der Waals surface area contributed by atoms with Crippen LogP contribution in [0.4, 0.5) is 0 Å². The van der Waals surface area contributed by atoms with Gasteiger partial charge >= 0.3 is 0 Å². The van der Waals surface area contributed by atoms with Crippen molar-refractivity contribution in [1.29, 1.82) is 0 Å². The Morgan fingerprint density at radius 3 is 2.56 bits per heavy atom. The van der Waals surface area contributed by atoms with Crippen LogP contribution in [-0.2, 0) is 0 Å². The van der Waals surface area contributed by atoms with Crippen molar-refractivity contribution in [3.63, 3.8) is 0 Å². The van der Waals surface area contributed by atoms with E-state index in [1.807, 2.05) is 0 Å². The SMILES string of the molecule is CCCPC1CCCC1. The minimum absolute atomic E-state index is 1.14. The third-order valence-electron chi connectivity index (χ3n) is 2.04. The lowest BCUT2D eigenvalue weighted by Crippen LogP contribution is -1.91. The predicted octanol–water partition coefficient (Wildman–Crippen LogP) is 3.02. The van der Waals surface area contributed by atoms with Crippen molar-refractivity contribution in [3.05, 3.63) is 0 Å². The Hall–Kier alpha value is 0.430. The lowest BCUT2D eigenvalue weighted by atomic mass is 10.4. The number of hydrogen-bond acceptors (Lipinski definition) is 0. The first-order valence-electron chi connectivity index (χ1n) is 4.17. The molecule has 0 spiro atoms. The van der Waals surface area contributed by atoms with Crippen LogP contribution in [0.25, 0.3) is 0 Å². The maximum Gasteiger partial charge on any atom is -0.0237 e. The van der Waals surface area contributed by atoms with Gasteiger partial charge in [0.2, 0.25) is 0 Å². The van der Waals surface area contributed by atoms with Crippen molar-refractivity contribution in [2.45, 2.75) is 44.7 Å². The van der Waals surface area contributed by atoms with Gasteiger partial charge in [0, 0.05) is 0 Å². The average molecular weight is 144 g/mol. The van der Waals surface area contributed by atoms with E-state index in [-0.39, 0.29) is 0 Å². The lowest BCUT2D eigenvalue weighted by molar-refractivity contribution is 0.886. The first-order valence-corrected chi connectivity index (χ1v) is 5.45. The standard InChI is InChI=1S/C8H17P/c1-2-7-9-8-5-3-4-6-8/h8-9H,2-7H2,1H3. The summed E-state index contributed by atoms with van der Waals surface area (Å²) in [5.74, 6) is 0. The molecule has 0 N–H and O–H groups in total. The Kier molecular flexibility index (Phi) is 3.58. The van der Waals surface area contributed by atoms with Gasteiger partial charge < -0.3 is 0 Å². The van der Waals surface area contributed by atoms with E-state index >= 15 is 0 Å².